The van der Waals surface area contributed by atoms with Crippen LogP contribution in [0, 0.1) is 5.41 Å². The van der Waals surface area contributed by atoms with E-state index in [1.165, 1.54) is 5.56 Å². The number of hydrogen-bond donors (Lipinski definition) is 2. The van der Waals surface area contributed by atoms with Crippen LogP contribution in [-0.4, -0.2) is 40.4 Å². The lowest BCUT2D eigenvalue weighted by atomic mass is 9.83. The van der Waals surface area contributed by atoms with Crippen LogP contribution in [0.4, 0.5) is 0 Å². The summed E-state index contributed by atoms with van der Waals surface area (Å²) in [6, 6.07) is 6.00. The van der Waals surface area contributed by atoms with Crippen LogP contribution in [0.3, 0.4) is 0 Å². The Kier molecular flexibility index (Phi) is 4.66. The van der Waals surface area contributed by atoms with Gasteiger partial charge in [0.05, 0.1) is 14.2 Å². The number of hydrogen-bond acceptors (Lipinski definition) is 4. The van der Waals surface area contributed by atoms with Gasteiger partial charge in [-0.2, -0.15) is 0 Å². The van der Waals surface area contributed by atoms with E-state index in [-0.39, 0.29) is 5.41 Å². The second-order valence-electron chi connectivity index (χ2n) is 5.52. The molecule has 2 N–H and O–H groups in total. The fourth-order valence-electron chi connectivity index (χ4n) is 2.62. The first-order valence-electron chi connectivity index (χ1n) is 6.79. The molecule has 0 radical (unpaired) electrons. The van der Waals surface area contributed by atoms with E-state index < -0.39 is 0 Å². The first kappa shape index (κ1) is 14.2. The van der Waals surface area contributed by atoms with E-state index in [9.17, 15) is 0 Å². The molecule has 0 saturated carbocycles. The average molecular weight is 264 g/mol. The lowest BCUT2D eigenvalue weighted by molar-refractivity contribution is 0.307. The van der Waals surface area contributed by atoms with Crippen LogP contribution in [0.1, 0.15) is 12.5 Å². The van der Waals surface area contributed by atoms with E-state index >= 15 is 0 Å². The minimum Gasteiger partial charge on any atom is -0.497 e. The highest BCUT2D eigenvalue weighted by Gasteiger charge is 2.27. The van der Waals surface area contributed by atoms with Crippen LogP contribution >= 0.6 is 0 Å². The molecule has 2 rings (SSSR count). The lowest BCUT2D eigenvalue weighted by Gasteiger charge is -2.29. The van der Waals surface area contributed by atoms with Crippen molar-refractivity contribution in [2.45, 2.75) is 13.3 Å². The first-order chi connectivity index (χ1) is 9.17. The Morgan fingerprint density at radius 2 is 1.79 bits per heavy atom. The molecule has 0 amide bonds. The molecule has 0 aromatic heterocycles. The van der Waals surface area contributed by atoms with Gasteiger partial charge >= 0.3 is 0 Å². The smallest absolute Gasteiger partial charge is 0.122 e. The molecular weight excluding hydrogens is 240 g/mol. The zero-order chi connectivity index (χ0) is 13.7. The summed E-state index contributed by atoms with van der Waals surface area (Å²) in [7, 11) is 3.42. The molecule has 1 aliphatic heterocycles. The monoisotopic (exact) mass is 264 g/mol. The summed E-state index contributed by atoms with van der Waals surface area (Å²) in [5.41, 5.74) is 1.39. The molecule has 0 aliphatic carbocycles. The summed E-state index contributed by atoms with van der Waals surface area (Å²) in [5, 5.41) is 6.98. The summed E-state index contributed by atoms with van der Waals surface area (Å²) < 4.78 is 10.8. The zero-order valence-corrected chi connectivity index (χ0v) is 12.1. The van der Waals surface area contributed by atoms with E-state index in [0.717, 1.165) is 44.1 Å². The van der Waals surface area contributed by atoms with E-state index in [0.29, 0.717) is 0 Å². The molecule has 1 aromatic rings. The van der Waals surface area contributed by atoms with Crippen molar-refractivity contribution in [1.82, 2.24) is 10.6 Å². The SMILES string of the molecule is COc1ccc(OC)c(CC2(C)CNCCNC2)c1. The largest absolute Gasteiger partial charge is 0.497 e. The van der Waals surface area contributed by atoms with Gasteiger partial charge in [-0.3, -0.25) is 0 Å². The zero-order valence-electron chi connectivity index (χ0n) is 12.1. The van der Waals surface area contributed by atoms with Crippen molar-refractivity contribution in [2.24, 2.45) is 5.41 Å². The van der Waals surface area contributed by atoms with Gasteiger partial charge in [0.1, 0.15) is 11.5 Å². The Morgan fingerprint density at radius 3 is 2.37 bits per heavy atom. The summed E-state index contributed by atoms with van der Waals surface area (Å²) >= 11 is 0. The van der Waals surface area contributed by atoms with Gasteiger partial charge in [-0.05, 0) is 35.6 Å². The van der Waals surface area contributed by atoms with E-state index in [1.807, 2.05) is 12.1 Å². The third-order valence-electron chi connectivity index (χ3n) is 3.69. The fraction of sp³-hybridized carbons (Fsp3) is 0.600. The van der Waals surface area contributed by atoms with Gasteiger partial charge in [-0.1, -0.05) is 6.92 Å². The van der Waals surface area contributed by atoms with Crippen molar-refractivity contribution < 1.29 is 9.47 Å². The second-order valence-corrected chi connectivity index (χ2v) is 5.52. The van der Waals surface area contributed by atoms with Crippen molar-refractivity contribution in [3.05, 3.63) is 23.8 Å². The van der Waals surface area contributed by atoms with Crippen LogP contribution in [0.2, 0.25) is 0 Å². The van der Waals surface area contributed by atoms with Crippen LogP contribution < -0.4 is 20.1 Å². The highest BCUT2D eigenvalue weighted by molar-refractivity contribution is 5.41. The number of rotatable bonds is 4. The molecular formula is C15H24N2O2. The van der Waals surface area contributed by atoms with Crippen molar-refractivity contribution >= 4 is 0 Å². The maximum atomic E-state index is 5.47. The van der Waals surface area contributed by atoms with Gasteiger partial charge in [0.2, 0.25) is 0 Å². The molecule has 106 valence electrons. The Hall–Kier alpha value is -1.26. The molecule has 1 fully saturated rings. The normalized spacial score (nSPS) is 18.7. The molecule has 1 aromatic carbocycles. The highest BCUT2D eigenvalue weighted by atomic mass is 16.5. The van der Waals surface area contributed by atoms with Gasteiger partial charge in [-0.15, -0.1) is 0 Å². The molecule has 1 heterocycles. The Bertz CT molecular complexity index is 413. The molecule has 4 nitrogen and oxygen atoms in total. The molecule has 0 atom stereocenters. The summed E-state index contributed by atoms with van der Waals surface area (Å²) in [6.45, 7) is 6.40. The average Bonchev–Trinajstić information content (AvgIpc) is 2.63. The van der Waals surface area contributed by atoms with Crippen LogP contribution in [0.25, 0.3) is 0 Å². The van der Waals surface area contributed by atoms with Gasteiger partial charge in [0.15, 0.2) is 0 Å². The Morgan fingerprint density at radius 1 is 1.11 bits per heavy atom. The summed E-state index contributed by atoms with van der Waals surface area (Å²) in [4.78, 5) is 0. The predicted molar refractivity (Wildman–Crippen MR) is 77.1 cm³/mol. The quantitative estimate of drug-likeness (QED) is 0.864. The third kappa shape index (κ3) is 3.61. The molecule has 0 bridgehead atoms. The number of benzene rings is 1. The van der Waals surface area contributed by atoms with Gasteiger partial charge in [0.25, 0.3) is 0 Å². The Labute approximate surface area is 115 Å². The van der Waals surface area contributed by atoms with Crippen molar-refractivity contribution in [3.63, 3.8) is 0 Å². The first-order valence-corrected chi connectivity index (χ1v) is 6.79. The van der Waals surface area contributed by atoms with Gasteiger partial charge < -0.3 is 20.1 Å². The van der Waals surface area contributed by atoms with Gasteiger partial charge in [-0.25, -0.2) is 0 Å². The van der Waals surface area contributed by atoms with Crippen LogP contribution in [0.15, 0.2) is 18.2 Å². The molecule has 1 aliphatic rings. The van der Waals surface area contributed by atoms with Crippen molar-refractivity contribution in [2.75, 3.05) is 40.4 Å². The van der Waals surface area contributed by atoms with Crippen molar-refractivity contribution in [3.8, 4) is 11.5 Å². The van der Waals surface area contributed by atoms with Crippen LogP contribution in [-0.2, 0) is 6.42 Å². The number of nitrogens with one attached hydrogen (secondary N) is 2. The van der Waals surface area contributed by atoms with Crippen molar-refractivity contribution in [1.29, 1.82) is 0 Å². The second kappa shape index (κ2) is 6.26. The third-order valence-corrected chi connectivity index (χ3v) is 3.69. The van der Waals surface area contributed by atoms with Crippen LogP contribution in [0.5, 0.6) is 11.5 Å². The topological polar surface area (TPSA) is 42.5 Å². The molecule has 0 spiro atoms. The predicted octanol–water partition coefficient (Wildman–Crippen LogP) is 1.45. The Balaban J connectivity index is 2.20. The lowest BCUT2D eigenvalue weighted by Crippen LogP contribution is -2.37. The molecule has 4 heteroatoms. The summed E-state index contributed by atoms with van der Waals surface area (Å²) in [6.07, 6.45) is 0.966. The highest BCUT2D eigenvalue weighted by Crippen LogP contribution is 2.30. The maximum Gasteiger partial charge on any atom is 0.122 e. The van der Waals surface area contributed by atoms with E-state index in [1.54, 1.807) is 14.2 Å². The standard InChI is InChI=1S/C15H24N2O2/c1-15(10-16-6-7-17-11-15)9-12-8-13(18-2)4-5-14(12)19-3/h4-5,8,16-17H,6-7,9-11H2,1-3H3. The fourth-order valence-corrected chi connectivity index (χ4v) is 2.62. The minimum atomic E-state index is 0.191. The molecule has 19 heavy (non-hydrogen) atoms. The van der Waals surface area contributed by atoms with E-state index in [4.69, 9.17) is 9.47 Å². The van der Waals surface area contributed by atoms with E-state index in [2.05, 4.69) is 23.6 Å². The summed E-state index contributed by atoms with van der Waals surface area (Å²) in [5.74, 6) is 1.82. The minimum absolute atomic E-state index is 0.191. The number of methoxy groups -OCH3 is 2. The maximum absolute atomic E-state index is 5.47. The molecule has 1 saturated heterocycles. The molecule has 0 unspecified atom stereocenters. The van der Waals surface area contributed by atoms with Gasteiger partial charge in [0, 0.05) is 26.2 Å². The number of ether oxygens (including phenoxy) is 2.